The molecule has 52 heavy (non-hydrogen) atoms. The van der Waals surface area contributed by atoms with E-state index in [2.05, 4.69) is 30.3 Å². The molecule has 0 saturated carbocycles. The molecular weight excluding hydrogens is 691 g/mol. The Balaban J connectivity index is 2.03. The molecule has 11 nitrogen and oxygen atoms in total. The van der Waals surface area contributed by atoms with Crippen molar-refractivity contribution in [3.63, 3.8) is 0 Å². The first-order chi connectivity index (χ1) is 24.4. The van der Waals surface area contributed by atoms with Gasteiger partial charge < -0.3 is 35.1 Å². The second-order valence-corrected chi connectivity index (χ2v) is 20.7. The number of alkyl carbamates (subject to hydrolysis) is 1. The lowest BCUT2D eigenvalue weighted by Gasteiger charge is -2.41. The number of aliphatic hydroxyl groups excluding tert-OH is 1. The number of nitrogens with zero attached hydrogens (tertiary/aromatic N) is 2. The SMILES string of the molecule is CC(C)(C)[C@H](c1cc(-c2cc(F)ccc2F)cn1Cc1ccccc1)N(CC[C@H](NC(=O)OCC[Si](C)(C)C)C(=O)NCCCC(=O)O)C(=O)CO. The number of aliphatic carboxylic acids is 1. The van der Waals surface area contributed by atoms with Crippen LogP contribution in [0.5, 0.6) is 0 Å². The molecule has 0 saturated heterocycles. The van der Waals surface area contributed by atoms with E-state index < -0.39 is 67.7 Å². The van der Waals surface area contributed by atoms with E-state index in [0.717, 1.165) is 23.8 Å². The van der Waals surface area contributed by atoms with E-state index in [9.17, 15) is 28.7 Å². The number of carboxylic acids is 1. The van der Waals surface area contributed by atoms with Crippen molar-refractivity contribution in [3.05, 3.63) is 83.7 Å². The summed E-state index contributed by atoms with van der Waals surface area (Å²) in [5, 5.41) is 24.5. The molecule has 4 N–H and O–H groups in total. The topological polar surface area (TPSA) is 150 Å². The minimum Gasteiger partial charge on any atom is -0.481 e. The third-order valence-corrected chi connectivity index (χ3v) is 10.2. The minimum absolute atomic E-state index is 0.0391. The summed E-state index contributed by atoms with van der Waals surface area (Å²) in [7, 11) is -1.52. The lowest BCUT2D eigenvalue weighted by Crippen LogP contribution is -2.50. The van der Waals surface area contributed by atoms with Crippen LogP contribution >= 0.6 is 0 Å². The summed E-state index contributed by atoms with van der Waals surface area (Å²) in [5.41, 5.74) is 1.21. The Bertz CT molecular complexity index is 1670. The number of halogens is 2. The number of amides is 3. The number of rotatable bonds is 18. The van der Waals surface area contributed by atoms with E-state index in [1.54, 1.807) is 12.3 Å². The molecule has 14 heteroatoms. The molecule has 3 aromatic rings. The molecule has 0 spiro atoms. The first-order valence-electron chi connectivity index (χ1n) is 17.4. The van der Waals surface area contributed by atoms with Crippen LogP contribution in [0.3, 0.4) is 0 Å². The molecule has 0 aliphatic rings. The van der Waals surface area contributed by atoms with Gasteiger partial charge in [0, 0.05) is 57.1 Å². The first kappa shape index (κ1) is 41.9. The molecular formula is C38H52F2N4O7Si. The van der Waals surface area contributed by atoms with Gasteiger partial charge in [0.15, 0.2) is 0 Å². The number of aromatic nitrogens is 1. The van der Waals surface area contributed by atoms with E-state index in [1.165, 1.54) is 4.90 Å². The van der Waals surface area contributed by atoms with Gasteiger partial charge in [-0.25, -0.2) is 13.6 Å². The summed E-state index contributed by atoms with van der Waals surface area (Å²) < 4.78 is 36.7. The number of carbonyl (C=O) groups is 4. The maximum atomic E-state index is 15.1. The molecule has 0 radical (unpaired) electrons. The van der Waals surface area contributed by atoms with Gasteiger partial charge in [-0.15, -0.1) is 0 Å². The lowest BCUT2D eigenvalue weighted by molar-refractivity contribution is -0.140. The summed E-state index contributed by atoms with van der Waals surface area (Å²) in [6.45, 7) is 11.7. The summed E-state index contributed by atoms with van der Waals surface area (Å²) in [6, 6.07) is 13.2. The standard InChI is InChI=1S/C38H52F2N4O7Si/c1-38(2,3)35(32-21-27(29-22-28(39)14-15-30(29)40)24-43(32)23-26-11-8-7-9-12-26)44(33(46)25-45)18-16-31(36(49)41-17-10-13-34(47)48)42-37(50)51-19-20-52(4,5)6/h7-9,11-12,14-15,21-22,24,31,35,45H,10,13,16-20,23,25H2,1-6H3,(H,41,49)(H,42,50)(H,47,48)/t31-,35-/m0/s1. The third-order valence-electron chi connectivity index (χ3n) is 8.45. The van der Waals surface area contributed by atoms with Gasteiger partial charge in [-0.05, 0) is 54.1 Å². The Morgan fingerprint density at radius 2 is 1.71 bits per heavy atom. The van der Waals surface area contributed by atoms with Crippen LogP contribution in [0.15, 0.2) is 60.8 Å². The fourth-order valence-corrected chi connectivity index (χ4v) is 6.56. The fourth-order valence-electron chi connectivity index (χ4n) is 5.85. The highest BCUT2D eigenvalue weighted by Gasteiger charge is 2.38. The Morgan fingerprint density at radius 1 is 1.02 bits per heavy atom. The quantitative estimate of drug-likeness (QED) is 0.0897. The van der Waals surface area contributed by atoms with Crippen LogP contribution < -0.4 is 10.6 Å². The monoisotopic (exact) mass is 742 g/mol. The van der Waals surface area contributed by atoms with Crippen molar-refractivity contribution in [1.29, 1.82) is 0 Å². The highest BCUT2D eigenvalue weighted by Crippen LogP contribution is 2.41. The number of carboxylic acid groups (broad SMARTS) is 1. The van der Waals surface area contributed by atoms with E-state index in [4.69, 9.17) is 9.84 Å². The van der Waals surface area contributed by atoms with Crippen molar-refractivity contribution in [2.45, 2.75) is 84.3 Å². The highest BCUT2D eigenvalue weighted by atomic mass is 28.3. The van der Waals surface area contributed by atoms with Gasteiger partial charge in [0.2, 0.25) is 11.8 Å². The summed E-state index contributed by atoms with van der Waals surface area (Å²) in [5.74, 6) is -3.49. The smallest absolute Gasteiger partial charge is 0.407 e. The largest absolute Gasteiger partial charge is 0.481 e. The second kappa shape index (κ2) is 18.8. The van der Waals surface area contributed by atoms with Gasteiger partial charge in [-0.3, -0.25) is 14.4 Å². The van der Waals surface area contributed by atoms with Crippen molar-refractivity contribution in [3.8, 4) is 11.1 Å². The van der Waals surface area contributed by atoms with Gasteiger partial charge in [0.05, 0.1) is 12.6 Å². The van der Waals surface area contributed by atoms with Gasteiger partial charge in [-0.1, -0.05) is 70.7 Å². The molecule has 1 aromatic heterocycles. The Morgan fingerprint density at radius 3 is 2.33 bits per heavy atom. The van der Waals surface area contributed by atoms with Crippen molar-refractivity contribution in [2.24, 2.45) is 5.41 Å². The minimum atomic E-state index is -1.52. The molecule has 0 fully saturated rings. The van der Waals surface area contributed by atoms with Crippen molar-refractivity contribution in [2.75, 3.05) is 26.3 Å². The van der Waals surface area contributed by atoms with Gasteiger partial charge in [0.1, 0.15) is 24.3 Å². The van der Waals surface area contributed by atoms with E-state index in [1.807, 2.05) is 55.7 Å². The molecule has 3 rings (SSSR count). The van der Waals surface area contributed by atoms with Crippen LogP contribution in [0.1, 0.15) is 57.3 Å². The van der Waals surface area contributed by atoms with E-state index in [0.29, 0.717) is 23.8 Å². The number of nitrogens with one attached hydrogen (secondary N) is 2. The Kier molecular flexibility index (Phi) is 15.1. The summed E-state index contributed by atoms with van der Waals surface area (Å²) in [4.78, 5) is 52.3. The van der Waals surface area contributed by atoms with Gasteiger partial charge in [0.25, 0.3) is 0 Å². The molecule has 2 aromatic carbocycles. The average Bonchev–Trinajstić information content (AvgIpc) is 3.46. The normalized spacial score (nSPS) is 12.9. The number of aliphatic hydroxyl groups is 1. The molecule has 1 heterocycles. The zero-order valence-corrected chi connectivity index (χ0v) is 31.9. The first-order valence-corrected chi connectivity index (χ1v) is 21.1. The van der Waals surface area contributed by atoms with Gasteiger partial charge in [-0.2, -0.15) is 0 Å². The van der Waals surface area contributed by atoms with Crippen LogP contribution in [-0.2, 0) is 25.7 Å². The van der Waals surface area contributed by atoms with Crippen LogP contribution in [0.25, 0.3) is 11.1 Å². The molecule has 284 valence electrons. The van der Waals surface area contributed by atoms with Crippen molar-refractivity contribution < 1.29 is 42.9 Å². The predicted octanol–water partition coefficient (Wildman–Crippen LogP) is 6.19. The maximum absolute atomic E-state index is 15.1. The molecule has 0 unspecified atom stereocenters. The Hall–Kier alpha value is -4.56. The number of hydrogen-bond donors (Lipinski definition) is 4. The lowest BCUT2D eigenvalue weighted by atomic mass is 9.82. The predicted molar refractivity (Wildman–Crippen MR) is 197 cm³/mol. The van der Waals surface area contributed by atoms with Crippen LogP contribution in [-0.4, -0.2) is 84.0 Å². The van der Waals surface area contributed by atoms with E-state index >= 15 is 4.39 Å². The number of benzene rings is 2. The van der Waals surface area contributed by atoms with Crippen LogP contribution in [0.2, 0.25) is 25.7 Å². The summed E-state index contributed by atoms with van der Waals surface area (Å²) in [6.07, 6.45) is 0.813. The molecule has 0 bridgehead atoms. The number of hydrogen-bond acceptors (Lipinski definition) is 6. The number of ether oxygens (including phenoxy) is 1. The second-order valence-electron chi connectivity index (χ2n) is 15.1. The zero-order valence-electron chi connectivity index (χ0n) is 30.9. The zero-order chi connectivity index (χ0) is 38.6. The third kappa shape index (κ3) is 12.9. The number of carbonyl (C=O) groups excluding carboxylic acids is 3. The van der Waals surface area contributed by atoms with E-state index in [-0.39, 0.29) is 44.5 Å². The maximum Gasteiger partial charge on any atom is 0.407 e. The van der Waals surface area contributed by atoms with Crippen molar-refractivity contribution >= 4 is 32.0 Å². The molecule has 2 atom stereocenters. The van der Waals surface area contributed by atoms with Crippen LogP contribution in [0.4, 0.5) is 13.6 Å². The highest BCUT2D eigenvalue weighted by molar-refractivity contribution is 6.76. The van der Waals surface area contributed by atoms with Crippen LogP contribution in [0, 0.1) is 17.0 Å². The molecule has 0 aliphatic heterocycles. The molecule has 3 amide bonds. The Labute approximate surface area is 305 Å². The van der Waals surface area contributed by atoms with Crippen molar-refractivity contribution in [1.82, 2.24) is 20.1 Å². The molecule has 0 aliphatic carbocycles. The fraction of sp³-hybridized carbons (Fsp3) is 0.474. The average molecular weight is 743 g/mol. The summed E-state index contributed by atoms with van der Waals surface area (Å²) >= 11 is 0. The van der Waals surface area contributed by atoms with Gasteiger partial charge >= 0.3 is 12.1 Å².